The molecular formula is C21H21ClN2O2. The molecule has 1 heterocycles. The molecule has 4 nitrogen and oxygen atoms in total. The van der Waals surface area contributed by atoms with Crippen LogP contribution in [-0.4, -0.2) is 11.8 Å². The highest BCUT2D eigenvalue weighted by atomic mass is 35.5. The SMILES string of the molecule is Cc1ccc(C)c(NC2=C(Cl)C(=O)N(c3ccc(C(C)C)cc3)C2=O)c1. The van der Waals surface area contributed by atoms with Crippen molar-refractivity contribution < 1.29 is 9.59 Å². The highest BCUT2D eigenvalue weighted by Crippen LogP contribution is 2.31. The Morgan fingerprint density at radius 3 is 2.23 bits per heavy atom. The molecule has 2 amide bonds. The quantitative estimate of drug-likeness (QED) is 0.784. The van der Waals surface area contributed by atoms with Crippen molar-refractivity contribution in [2.45, 2.75) is 33.6 Å². The van der Waals surface area contributed by atoms with Crippen LogP contribution in [0.25, 0.3) is 0 Å². The van der Waals surface area contributed by atoms with Crippen molar-refractivity contribution in [2.75, 3.05) is 10.2 Å². The Labute approximate surface area is 158 Å². The topological polar surface area (TPSA) is 49.4 Å². The number of carbonyl (C=O) groups is 2. The molecule has 2 aromatic carbocycles. The minimum Gasteiger partial charge on any atom is -0.349 e. The zero-order valence-corrected chi connectivity index (χ0v) is 16.0. The average molecular weight is 369 g/mol. The van der Waals surface area contributed by atoms with Crippen LogP contribution in [0, 0.1) is 13.8 Å². The molecule has 5 heteroatoms. The number of hydrogen-bond donors (Lipinski definition) is 1. The van der Waals surface area contributed by atoms with Gasteiger partial charge in [-0.05, 0) is 54.7 Å². The summed E-state index contributed by atoms with van der Waals surface area (Å²) in [6.07, 6.45) is 0. The summed E-state index contributed by atoms with van der Waals surface area (Å²) in [5, 5.41) is 2.95. The fourth-order valence-corrected chi connectivity index (χ4v) is 3.07. The van der Waals surface area contributed by atoms with E-state index in [0.717, 1.165) is 27.3 Å². The summed E-state index contributed by atoms with van der Waals surface area (Å²) < 4.78 is 0. The number of carbonyl (C=O) groups excluding carboxylic acids is 2. The lowest BCUT2D eigenvalue weighted by Gasteiger charge is -2.16. The van der Waals surface area contributed by atoms with Crippen LogP contribution in [0.4, 0.5) is 11.4 Å². The zero-order chi connectivity index (χ0) is 19.0. The molecule has 1 aliphatic rings. The second-order valence-corrected chi connectivity index (χ2v) is 7.20. The van der Waals surface area contributed by atoms with Gasteiger partial charge < -0.3 is 5.32 Å². The molecule has 0 atom stereocenters. The number of anilines is 2. The summed E-state index contributed by atoms with van der Waals surface area (Å²) in [7, 11) is 0. The van der Waals surface area contributed by atoms with Crippen LogP contribution >= 0.6 is 11.6 Å². The van der Waals surface area contributed by atoms with Gasteiger partial charge in [0.25, 0.3) is 11.8 Å². The second kappa shape index (κ2) is 6.96. The molecule has 0 saturated carbocycles. The number of aryl methyl sites for hydroxylation is 2. The minimum absolute atomic E-state index is 0.0937. The van der Waals surface area contributed by atoms with Crippen LogP contribution in [0.15, 0.2) is 53.2 Å². The molecule has 1 N–H and O–H groups in total. The predicted molar refractivity (Wildman–Crippen MR) is 105 cm³/mol. The molecule has 0 bridgehead atoms. The van der Waals surface area contributed by atoms with Gasteiger partial charge in [0, 0.05) is 5.69 Å². The highest BCUT2D eigenvalue weighted by Gasteiger charge is 2.39. The van der Waals surface area contributed by atoms with Gasteiger partial charge in [-0.1, -0.05) is 49.7 Å². The Kier molecular flexibility index (Phi) is 4.88. The van der Waals surface area contributed by atoms with E-state index < -0.39 is 11.8 Å². The normalized spacial score (nSPS) is 14.6. The van der Waals surface area contributed by atoms with Gasteiger partial charge in [0.15, 0.2) is 0 Å². The molecule has 0 fully saturated rings. The smallest absolute Gasteiger partial charge is 0.283 e. The molecule has 0 radical (unpaired) electrons. The van der Waals surface area contributed by atoms with Crippen LogP contribution in [0.1, 0.15) is 36.5 Å². The van der Waals surface area contributed by atoms with E-state index in [2.05, 4.69) is 19.2 Å². The number of amides is 2. The van der Waals surface area contributed by atoms with Gasteiger partial charge in [0.05, 0.1) is 5.69 Å². The number of rotatable bonds is 4. The van der Waals surface area contributed by atoms with Crippen molar-refractivity contribution in [1.29, 1.82) is 0 Å². The summed E-state index contributed by atoms with van der Waals surface area (Å²) in [6, 6.07) is 13.3. The van der Waals surface area contributed by atoms with E-state index in [1.54, 1.807) is 12.1 Å². The third-order valence-corrected chi connectivity index (χ3v) is 4.85. The lowest BCUT2D eigenvalue weighted by atomic mass is 10.0. The van der Waals surface area contributed by atoms with Gasteiger partial charge in [-0.15, -0.1) is 0 Å². The van der Waals surface area contributed by atoms with Crippen LogP contribution in [-0.2, 0) is 9.59 Å². The number of benzene rings is 2. The molecule has 3 rings (SSSR count). The number of nitrogens with one attached hydrogen (secondary N) is 1. The van der Waals surface area contributed by atoms with Gasteiger partial charge in [-0.25, -0.2) is 4.90 Å². The summed E-state index contributed by atoms with van der Waals surface area (Å²) in [6.45, 7) is 8.07. The predicted octanol–water partition coefficient (Wildman–Crippen LogP) is 4.86. The monoisotopic (exact) mass is 368 g/mol. The third kappa shape index (κ3) is 3.25. The third-order valence-electron chi connectivity index (χ3n) is 4.50. The average Bonchev–Trinajstić information content (AvgIpc) is 2.81. The number of halogens is 1. The van der Waals surface area contributed by atoms with E-state index in [-0.39, 0.29) is 10.7 Å². The largest absolute Gasteiger partial charge is 0.349 e. The van der Waals surface area contributed by atoms with Crippen LogP contribution in [0.5, 0.6) is 0 Å². The van der Waals surface area contributed by atoms with E-state index in [9.17, 15) is 9.59 Å². The van der Waals surface area contributed by atoms with Crippen molar-refractivity contribution in [1.82, 2.24) is 0 Å². The Bertz CT molecular complexity index is 914. The molecular weight excluding hydrogens is 348 g/mol. The number of imide groups is 1. The molecule has 26 heavy (non-hydrogen) atoms. The Morgan fingerprint density at radius 1 is 0.962 bits per heavy atom. The highest BCUT2D eigenvalue weighted by molar-refractivity contribution is 6.53. The first kappa shape index (κ1) is 18.2. The Hall–Kier alpha value is -2.59. The first-order valence-corrected chi connectivity index (χ1v) is 8.90. The van der Waals surface area contributed by atoms with Crippen LogP contribution in [0.2, 0.25) is 0 Å². The molecule has 2 aromatic rings. The zero-order valence-electron chi connectivity index (χ0n) is 15.3. The molecule has 0 aromatic heterocycles. The van der Waals surface area contributed by atoms with Gasteiger partial charge in [0.2, 0.25) is 0 Å². The van der Waals surface area contributed by atoms with Crippen molar-refractivity contribution in [3.05, 3.63) is 69.9 Å². The number of hydrogen-bond acceptors (Lipinski definition) is 3. The second-order valence-electron chi connectivity index (χ2n) is 6.82. The molecule has 0 spiro atoms. The van der Waals surface area contributed by atoms with Crippen molar-refractivity contribution in [2.24, 2.45) is 0 Å². The maximum Gasteiger partial charge on any atom is 0.283 e. The molecule has 0 unspecified atom stereocenters. The summed E-state index contributed by atoms with van der Waals surface area (Å²) in [5.74, 6) is -0.586. The fourth-order valence-electron chi connectivity index (χ4n) is 2.86. The summed E-state index contributed by atoms with van der Waals surface area (Å²) >= 11 is 6.20. The molecule has 134 valence electrons. The van der Waals surface area contributed by atoms with E-state index in [4.69, 9.17) is 11.6 Å². The Balaban J connectivity index is 1.91. The maximum atomic E-state index is 12.8. The van der Waals surface area contributed by atoms with E-state index in [1.807, 2.05) is 44.2 Å². The van der Waals surface area contributed by atoms with Crippen molar-refractivity contribution in [3.63, 3.8) is 0 Å². The van der Waals surface area contributed by atoms with Gasteiger partial charge >= 0.3 is 0 Å². The van der Waals surface area contributed by atoms with Crippen LogP contribution < -0.4 is 10.2 Å². The molecule has 0 saturated heterocycles. The van der Waals surface area contributed by atoms with Gasteiger partial charge in [-0.2, -0.15) is 0 Å². The maximum absolute atomic E-state index is 12.8. The van der Waals surface area contributed by atoms with E-state index in [1.165, 1.54) is 0 Å². The number of nitrogens with zero attached hydrogens (tertiary/aromatic N) is 1. The standard InChI is InChI=1S/C21H21ClN2O2/c1-12(2)15-7-9-16(10-8-15)24-20(25)18(22)19(21(24)26)23-17-11-13(3)5-6-14(17)4/h5-12,23H,1-4H3. The van der Waals surface area contributed by atoms with Gasteiger partial charge in [0.1, 0.15) is 10.7 Å². The molecule has 0 aliphatic carbocycles. The van der Waals surface area contributed by atoms with Crippen LogP contribution in [0.3, 0.4) is 0 Å². The summed E-state index contributed by atoms with van der Waals surface area (Å²) in [5.41, 5.74) is 4.54. The van der Waals surface area contributed by atoms with E-state index >= 15 is 0 Å². The van der Waals surface area contributed by atoms with E-state index in [0.29, 0.717) is 11.6 Å². The van der Waals surface area contributed by atoms with Crippen molar-refractivity contribution >= 4 is 34.8 Å². The van der Waals surface area contributed by atoms with Gasteiger partial charge in [-0.3, -0.25) is 9.59 Å². The lowest BCUT2D eigenvalue weighted by Crippen LogP contribution is -2.32. The first-order valence-electron chi connectivity index (χ1n) is 8.52. The lowest BCUT2D eigenvalue weighted by molar-refractivity contribution is -0.120. The minimum atomic E-state index is -0.512. The summed E-state index contributed by atoms with van der Waals surface area (Å²) in [4.78, 5) is 26.5. The van der Waals surface area contributed by atoms with Crippen molar-refractivity contribution in [3.8, 4) is 0 Å². The Morgan fingerprint density at radius 2 is 1.62 bits per heavy atom. The molecule has 1 aliphatic heterocycles. The fraction of sp³-hybridized carbons (Fsp3) is 0.238. The first-order chi connectivity index (χ1) is 12.3.